The van der Waals surface area contributed by atoms with Crippen molar-refractivity contribution in [1.82, 2.24) is 101 Å². The maximum atomic E-state index is 11.6. The second-order valence-corrected chi connectivity index (χ2v) is 39.3. The van der Waals surface area contributed by atoms with Gasteiger partial charge in [-0.2, -0.15) is 25.5 Å². The van der Waals surface area contributed by atoms with Crippen molar-refractivity contribution in [3.05, 3.63) is 215 Å². The van der Waals surface area contributed by atoms with Crippen LogP contribution in [0.4, 0.5) is 58.4 Å². The lowest BCUT2D eigenvalue weighted by molar-refractivity contribution is -0.140. The molecule has 5 fully saturated rings. The number of carbonyl (C=O) groups excluding carboxylic acids is 2. The van der Waals surface area contributed by atoms with Crippen molar-refractivity contribution in [3.8, 4) is 54.6 Å². The largest absolute Gasteiger partial charge is 0.466 e. The number of nitrogens with zero attached hydrogens (tertiary/aromatic N) is 15. The van der Waals surface area contributed by atoms with Gasteiger partial charge >= 0.3 is 5.97 Å². The molecule has 5 aliphatic carbocycles. The maximum absolute atomic E-state index is 11.6. The lowest BCUT2D eigenvalue weighted by atomic mass is 10.1. The zero-order chi connectivity index (χ0) is 88.7. The Morgan fingerprint density at radius 3 is 1.37 bits per heavy atom. The van der Waals surface area contributed by atoms with E-state index in [1.807, 2.05) is 72.8 Å². The van der Waals surface area contributed by atoms with Crippen LogP contribution in [0.1, 0.15) is 191 Å². The molecule has 13 aromatic heterocycles. The van der Waals surface area contributed by atoms with Crippen LogP contribution >= 0.6 is 45.6 Å². The number of hydrogen-bond donors (Lipinski definition) is 14. The molecule has 17 N–H and O–H groups in total. The van der Waals surface area contributed by atoms with Crippen molar-refractivity contribution >= 4 is 146 Å². The SMILES string of the molecule is CC(=O)OCCc1cnc(-c2ccc(S(N)(=O)=O)s2)nc1Nc1cc(C2CC2)[nH]n1.CC(=O)c1cccc(-c2nccc(Nc3cc(C4CC4)[nH]n3)n2)c1.CC(O)c1cccc(-c2nccc(Nc3cc(C4CC4)[nH]n3)n2)c1.NS(=O)(=O)c1ccc(-c2ccnc(Nc3cc(C4CC4)[nH]n3)n2)s1.NS(=O)(=O)c1ccc(-c2nc(Nc3cc(C4CC4)[nH]n3)ncc2Cl)s1.[HH].[HH].[HH].[HH].[HH].[HH].[HH].[HH].[HH].[HH].[HH].[HH].[HH].[HH]. The molecule has 0 aliphatic heterocycles. The third-order valence-corrected chi connectivity index (χ3v) is 27.9. The van der Waals surface area contributed by atoms with Gasteiger partial charge in [-0.3, -0.25) is 35.1 Å². The van der Waals surface area contributed by atoms with E-state index in [9.17, 15) is 39.9 Å². The average Bonchev–Trinajstić information content (AvgIpc) is 1.60. The molecule has 0 spiro atoms. The molecule has 682 valence electrons. The highest BCUT2D eigenvalue weighted by Crippen LogP contribution is 2.45. The first-order valence-corrected chi connectivity index (χ1v) is 47.4. The van der Waals surface area contributed by atoms with Crippen LogP contribution < -0.4 is 42.0 Å². The van der Waals surface area contributed by atoms with Gasteiger partial charge in [0, 0.05) is 169 Å². The second kappa shape index (κ2) is 38.1. The number of benzene rings is 2. The van der Waals surface area contributed by atoms with Crippen LogP contribution in [0, 0.1) is 0 Å². The fourth-order valence-corrected chi connectivity index (χ4v) is 18.0. The summed E-state index contributed by atoms with van der Waals surface area (Å²) < 4.78 is 74.0. The minimum atomic E-state index is -3.79. The van der Waals surface area contributed by atoms with E-state index in [0.29, 0.717) is 137 Å². The highest BCUT2D eigenvalue weighted by atomic mass is 35.5. The van der Waals surface area contributed by atoms with Crippen molar-refractivity contribution in [3.63, 3.8) is 0 Å². The predicted molar refractivity (Wildman–Crippen MR) is 510 cm³/mol. The Labute approximate surface area is 764 Å². The van der Waals surface area contributed by atoms with Crippen LogP contribution in [-0.2, 0) is 46.0 Å². The molecule has 5 saturated carbocycles. The first kappa shape index (κ1) is 87.6. The molecule has 2 aromatic carbocycles. The number of aromatic nitrogens is 20. The van der Waals surface area contributed by atoms with Crippen molar-refractivity contribution in [2.24, 2.45) is 15.4 Å². The molecule has 0 saturated heterocycles. The lowest BCUT2D eigenvalue weighted by Gasteiger charge is -2.10. The van der Waals surface area contributed by atoms with Gasteiger partial charge in [-0.1, -0.05) is 48.0 Å². The Kier molecular flexibility index (Phi) is 26.3. The number of aliphatic hydroxyl groups is 1. The minimum Gasteiger partial charge on any atom is -0.466 e. The van der Waals surface area contributed by atoms with Crippen molar-refractivity contribution in [2.45, 2.75) is 140 Å². The van der Waals surface area contributed by atoms with Gasteiger partial charge in [0.25, 0.3) is 0 Å². The van der Waals surface area contributed by atoms with Crippen molar-refractivity contribution in [2.75, 3.05) is 33.2 Å². The molecule has 0 radical (unpaired) electrons. The normalized spacial score (nSPS) is 14.4. The summed E-state index contributed by atoms with van der Waals surface area (Å²) in [5.74, 6) is 10.1. The van der Waals surface area contributed by atoms with Gasteiger partial charge < -0.3 is 36.4 Å². The molecule has 0 amide bonds. The first-order valence-electron chi connectivity index (χ1n) is 40.0. The summed E-state index contributed by atoms with van der Waals surface area (Å²) in [6.07, 6.45) is 20.0. The Hall–Kier alpha value is -12.9. The zero-order valence-corrected chi connectivity index (χ0v) is 73.6. The topological polar surface area (TPSA) is 577 Å². The van der Waals surface area contributed by atoms with E-state index in [1.165, 1.54) is 94.1 Å². The van der Waals surface area contributed by atoms with Crippen LogP contribution in [0.5, 0.6) is 0 Å². The summed E-state index contributed by atoms with van der Waals surface area (Å²) in [7, 11) is -11.3. The van der Waals surface area contributed by atoms with Gasteiger partial charge in [-0.05, 0) is 150 Å². The van der Waals surface area contributed by atoms with Crippen LogP contribution in [0.25, 0.3) is 54.6 Å². The molecule has 127 heavy (non-hydrogen) atoms. The number of thiophene rings is 3. The van der Waals surface area contributed by atoms with Crippen molar-refractivity contribution in [1.29, 1.82) is 0 Å². The van der Waals surface area contributed by atoms with Crippen LogP contribution in [0.2, 0.25) is 5.02 Å². The summed E-state index contributed by atoms with van der Waals surface area (Å²) in [4.78, 5) is 68.1. The minimum absolute atomic E-state index is 0. The lowest BCUT2D eigenvalue weighted by Crippen LogP contribution is -2.09. The van der Waals surface area contributed by atoms with Gasteiger partial charge in [0.15, 0.2) is 52.3 Å². The molecular weight excluding hydrogens is 1760 g/mol. The summed E-state index contributed by atoms with van der Waals surface area (Å²) in [5.41, 5.74) is 10.6. The summed E-state index contributed by atoms with van der Waals surface area (Å²) in [6, 6.07) is 39.4. The number of H-pyrrole nitrogens is 5. The Morgan fingerprint density at radius 2 is 0.906 bits per heavy atom. The van der Waals surface area contributed by atoms with Gasteiger partial charge in [0.1, 0.15) is 35.8 Å². The van der Waals surface area contributed by atoms with Gasteiger partial charge in [0.05, 0.1) is 44.3 Å². The van der Waals surface area contributed by atoms with Gasteiger partial charge in [-0.15, -0.1) is 34.0 Å². The molecule has 0 bridgehead atoms. The molecule has 5 aliphatic rings. The standard InChI is InChI=1S/C18H20N6O4S2.C18H19N5O.C18H17N5O.C14H13ClN6O2S2.C14H14N6O2S2.14H2/c1-10(25)28-7-6-12-9-20-18(14-4-5-16(29-14)30(19,26)27)22-17(12)21-15-8-13(23-24-15)11-2-3-11;2*1-11(24)13-3-2-4-14(9-13)18-19-8-7-16(21-18)20-17-10-15(22-23-17)12-5-6-12;15-8-6-17-14(18-11-5-9(20-21-11)7-1-2-7)19-13(8)10-3-4-12(24-10)25(16,22)23;15-24(21,22)13-4-3-11(23-13)9-5-6-16-14(17-9)18-12-7-10(19-20-12)8-1-2-8;;;;;;;;;;;;;;/h4-5,8-9,11H,2-3,6-7H2,1H3,(H2,19,26,27)(H2,20,21,22,23,24);2-4,7-12,24H,5-6H2,1H3,(H2,19,20,21,22,23);2-4,7-10,12H,5-6H2,1H3,(H2,19,20,21,22,23);3-7H,1-2H2,(H2,16,22,23)(H2,17,18,19,20,21);3-8H,1-2H2,(H2,15,21,22)(H2,16,17,18,19,20);14*1H. The number of esters is 1. The molecule has 13 heterocycles. The molecule has 38 nitrogen and oxygen atoms in total. The smallest absolute Gasteiger partial charge is 0.302 e. The maximum Gasteiger partial charge on any atom is 0.302 e. The molecule has 15 aromatic rings. The monoisotopic (exact) mass is 1870 g/mol. The summed E-state index contributed by atoms with van der Waals surface area (Å²) in [5, 5.41) is 77.6. The number of aromatic amines is 5. The third-order valence-electron chi connectivity index (χ3n) is 20.0. The van der Waals surface area contributed by atoms with E-state index in [0.717, 1.165) is 97.8 Å². The number of nitrogens with two attached hydrogens (primary N) is 3. The number of primary sulfonamides is 3. The fourth-order valence-electron chi connectivity index (χ4n) is 12.7. The number of carbonyl (C=O) groups is 2. The number of rotatable bonds is 28. The second-order valence-electron chi connectivity index (χ2n) is 30.3. The van der Waals surface area contributed by atoms with Crippen LogP contribution in [0.15, 0.2) is 177 Å². The molecule has 1 atom stereocenters. The Bertz CT molecular complexity index is 6910. The molecule has 20 rings (SSSR count). The predicted octanol–water partition coefficient (Wildman–Crippen LogP) is 18.0. The third kappa shape index (κ3) is 23.8. The highest BCUT2D eigenvalue weighted by molar-refractivity contribution is 7.92. The van der Waals surface area contributed by atoms with Crippen LogP contribution in [-0.4, -0.2) is 150 Å². The number of ether oxygens (including phenoxy) is 1. The number of halogens is 1. The first-order chi connectivity index (χ1) is 61.1. The van der Waals surface area contributed by atoms with E-state index in [2.05, 4.69) is 127 Å². The van der Waals surface area contributed by atoms with E-state index >= 15 is 0 Å². The Morgan fingerprint density at radius 1 is 0.472 bits per heavy atom. The number of Topliss-reactive ketones (excluding diaryl/α,β-unsaturated/α-hetero) is 1. The number of aliphatic hydroxyl groups excluding tert-OH is 1. The number of ketones is 1. The Balaban J connectivity index is 0.000000583. The summed E-state index contributed by atoms with van der Waals surface area (Å²) in [6.45, 7) is 4.83. The highest BCUT2D eigenvalue weighted by Gasteiger charge is 2.31. The number of nitrogens with one attached hydrogen (secondary N) is 10. The van der Waals surface area contributed by atoms with E-state index < -0.39 is 36.2 Å². The zero-order valence-electron chi connectivity index (χ0n) is 67.9. The number of anilines is 10. The van der Waals surface area contributed by atoms with E-state index in [4.69, 9.17) is 31.8 Å². The van der Waals surface area contributed by atoms with E-state index in [1.54, 1.807) is 81.1 Å². The molecule has 1 unspecified atom stereocenters. The van der Waals surface area contributed by atoms with Crippen LogP contribution in [0.3, 0.4) is 0 Å². The average molecular weight is 1880 g/mol. The molecule has 45 heteroatoms. The number of hydrogen-bond acceptors (Lipinski definition) is 33. The molecular formula is C82H111ClN28O10S6. The summed E-state index contributed by atoms with van der Waals surface area (Å²) >= 11 is 9.23. The van der Waals surface area contributed by atoms with Gasteiger partial charge in [-0.25, -0.2) is 90.5 Å². The van der Waals surface area contributed by atoms with Crippen molar-refractivity contribution < 1.29 is 64.7 Å². The van der Waals surface area contributed by atoms with Gasteiger partial charge in [0.2, 0.25) is 42.0 Å². The van der Waals surface area contributed by atoms with E-state index in [-0.39, 0.29) is 51.0 Å². The fraction of sp³-hybridized carbons (Fsp3) is 0.256. The number of sulfonamides is 3. The quantitative estimate of drug-likeness (QED) is 0.0160.